The molecule has 0 unspecified atom stereocenters. The van der Waals surface area contributed by atoms with Crippen molar-refractivity contribution in [3.05, 3.63) is 47.3 Å². The number of amides is 1. The Kier molecular flexibility index (Phi) is 3.31. The lowest BCUT2D eigenvalue weighted by molar-refractivity contribution is 0.102. The van der Waals surface area contributed by atoms with Gasteiger partial charge in [0.2, 0.25) is 0 Å². The van der Waals surface area contributed by atoms with Crippen molar-refractivity contribution in [3.63, 3.8) is 0 Å². The molecule has 6 heteroatoms. The van der Waals surface area contributed by atoms with Crippen LogP contribution in [0, 0.1) is 13.8 Å². The van der Waals surface area contributed by atoms with Crippen LogP contribution in [0.2, 0.25) is 0 Å². The molecule has 0 bridgehead atoms. The first kappa shape index (κ1) is 13.5. The number of pyridine rings is 1. The number of aromatic nitrogens is 2. The van der Waals surface area contributed by atoms with Crippen molar-refractivity contribution in [2.45, 2.75) is 13.8 Å². The Morgan fingerprint density at radius 2 is 2.00 bits per heavy atom. The standard InChI is InChI=1S/C15H14N4OS/c1-8-3-5-11(9(2)17-8)18-14(20)10-4-6-12-13(7-10)21-15(16)19-12/h3-7H,1-2H3,(H2,16,19)(H,18,20). The van der Waals surface area contributed by atoms with Gasteiger partial charge < -0.3 is 11.1 Å². The summed E-state index contributed by atoms with van der Waals surface area (Å²) in [6.07, 6.45) is 0. The number of anilines is 2. The second-order valence-electron chi connectivity index (χ2n) is 4.77. The molecule has 0 aliphatic carbocycles. The fraction of sp³-hybridized carbons (Fsp3) is 0.133. The van der Waals surface area contributed by atoms with Crippen LogP contribution in [0.1, 0.15) is 21.7 Å². The minimum absolute atomic E-state index is 0.169. The number of nitrogens with one attached hydrogen (secondary N) is 1. The van der Waals surface area contributed by atoms with Gasteiger partial charge in [-0.2, -0.15) is 0 Å². The molecule has 1 amide bonds. The average molecular weight is 298 g/mol. The number of carbonyl (C=O) groups is 1. The summed E-state index contributed by atoms with van der Waals surface area (Å²) in [6.45, 7) is 3.79. The zero-order valence-electron chi connectivity index (χ0n) is 11.7. The predicted octanol–water partition coefficient (Wildman–Crippen LogP) is 3.14. The number of carbonyl (C=O) groups excluding carboxylic acids is 1. The van der Waals surface area contributed by atoms with Crippen molar-refractivity contribution < 1.29 is 4.79 Å². The molecule has 0 radical (unpaired) electrons. The van der Waals surface area contributed by atoms with E-state index in [4.69, 9.17) is 5.73 Å². The molecular weight excluding hydrogens is 284 g/mol. The number of hydrogen-bond donors (Lipinski definition) is 2. The Morgan fingerprint density at radius 1 is 1.19 bits per heavy atom. The van der Waals surface area contributed by atoms with Crippen LogP contribution in [0.25, 0.3) is 10.2 Å². The lowest BCUT2D eigenvalue weighted by Gasteiger charge is -2.08. The summed E-state index contributed by atoms with van der Waals surface area (Å²) in [6, 6.07) is 9.08. The Balaban J connectivity index is 1.89. The summed E-state index contributed by atoms with van der Waals surface area (Å²) in [5, 5.41) is 3.38. The van der Waals surface area contributed by atoms with E-state index in [2.05, 4.69) is 15.3 Å². The Morgan fingerprint density at radius 3 is 2.76 bits per heavy atom. The molecule has 3 aromatic rings. The molecule has 0 fully saturated rings. The quantitative estimate of drug-likeness (QED) is 0.761. The van der Waals surface area contributed by atoms with Crippen molar-refractivity contribution in [3.8, 4) is 0 Å². The number of nitrogens with zero attached hydrogens (tertiary/aromatic N) is 2. The normalized spacial score (nSPS) is 10.8. The highest BCUT2D eigenvalue weighted by atomic mass is 32.1. The number of rotatable bonds is 2. The third-order valence-electron chi connectivity index (χ3n) is 3.14. The summed E-state index contributed by atoms with van der Waals surface area (Å²) >= 11 is 1.37. The maximum absolute atomic E-state index is 12.3. The van der Waals surface area contributed by atoms with Gasteiger partial charge in [0.1, 0.15) is 0 Å². The number of hydrogen-bond acceptors (Lipinski definition) is 5. The molecular formula is C15H14N4OS. The zero-order valence-corrected chi connectivity index (χ0v) is 12.5. The van der Waals surface area contributed by atoms with E-state index in [0.717, 1.165) is 27.3 Å². The molecule has 5 nitrogen and oxygen atoms in total. The smallest absolute Gasteiger partial charge is 0.255 e. The minimum atomic E-state index is -0.169. The maximum Gasteiger partial charge on any atom is 0.255 e. The minimum Gasteiger partial charge on any atom is -0.375 e. The Hall–Kier alpha value is -2.47. The monoisotopic (exact) mass is 298 g/mol. The average Bonchev–Trinajstić information content (AvgIpc) is 2.80. The van der Waals surface area contributed by atoms with Crippen molar-refractivity contribution >= 4 is 38.3 Å². The number of aryl methyl sites for hydroxylation is 2. The van der Waals surface area contributed by atoms with Gasteiger partial charge in [-0.3, -0.25) is 9.78 Å². The predicted molar refractivity (Wildman–Crippen MR) is 85.7 cm³/mol. The topological polar surface area (TPSA) is 80.9 Å². The van der Waals surface area contributed by atoms with Crippen LogP contribution >= 0.6 is 11.3 Å². The van der Waals surface area contributed by atoms with Crippen LogP contribution in [0.15, 0.2) is 30.3 Å². The Bertz CT molecular complexity index is 841. The highest BCUT2D eigenvalue weighted by molar-refractivity contribution is 7.22. The lowest BCUT2D eigenvalue weighted by Crippen LogP contribution is -2.13. The molecule has 2 aromatic heterocycles. The van der Waals surface area contributed by atoms with Gasteiger partial charge >= 0.3 is 0 Å². The number of thiazole rings is 1. The number of benzene rings is 1. The molecule has 0 atom stereocenters. The molecule has 3 rings (SSSR count). The third kappa shape index (κ3) is 2.71. The van der Waals surface area contributed by atoms with Crippen molar-refractivity contribution in [1.82, 2.24) is 9.97 Å². The molecule has 1 aromatic carbocycles. The van der Waals surface area contributed by atoms with Crippen molar-refractivity contribution in [2.75, 3.05) is 11.1 Å². The van der Waals surface area contributed by atoms with Gasteiger partial charge in [0, 0.05) is 11.3 Å². The fourth-order valence-electron chi connectivity index (χ4n) is 2.10. The second-order valence-corrected chi connectivity index (χ2v) is 5.84. The van der Waals surface area contributed by atoms with Gasteiger partial charge in [0.25, 0.3) is 5.91 Å². The molecule has 2 heterocycles. The van der Waals surface area contributed by atoms with Gasteiger partial charge in [-0.25, -0.2) is 4.98 Å². The largest absolute Gasteiger partial charge is 0.375 e. The summed E-state index contributed by atoms with van der Waals surface area (Å²) in [5.41, 5.74) is 9.49. The van der Waals surface area contributed by atoms with E-state index >= 15 is 0 Å². The van der Waals surface area contributed by atoms with Crippen LogP contribution in [0.4, 0.5) is 10.8 Å². The Labute approximate surface area is 125 Å². The van der Waals surface area contributed by atoms with E-state index in [-0.39, 0.29) is 5.91 Å². The number of nitrogens with two attached hydrogens (primary N) is 1. The lowest BCUT2D eigenvalue weighted by atomic mass is 10.2. The van der Waals surface area contributed by atoms with Crippen LogP contribution in [-0.2, 0) is 0 Å². The zero-order chi connectivity index (χ0) is 15.0. The van der Waals surface area contributed by atoms with Crippen molar-refractivity contribution in [1.29, 1.82) is 0 Å². The number of fused-ring (bicyclic) bond motifs is 1. The summed E-state index contributed by atoms with van der Waals surface area (Å²) in [4.78, 5) is 20.8. The first-order valence-corrected chi connectivity index (χ1v) is 7.26. The molecule has 0 saturated heterocycles. The molecule has 0 aliphatic rings. The van der Waals surface area contributed by atoms with E-state index in [1.807, 2.05) is 26.0 Å². The SMILES string of the molecule is Cc1ccc(NC(=O)c2ccc3nc(N)sc3c2)c(C)n1. The molecule has 106 valence electrons. The van der Waals surface area contributed by atoms with Crippen LogP contribution in [0.5, 0.6) is 0 Å². The fourth-order valence-corrected chi connectivity index (χ4v) is 2.87. The van der Waals surface area contributed by atoms with Gasteiger partial charge in [0.05, 0.1) is 21.6 Å². The van der Waals surface area contributed by atoms with E-state index in [9.17, 15) is 4.79 Å². The summed E-state index contributed by atoms with van der Waals surface area (Å²) in [7, 11) is 0. The van der Waals surface area contributed by atoms with E-state index < -0.39 is 0 Å². The van der Waals surface area contributed by atoms with Gasteiger partial charge in [-0.1, -0.05) is 11.3 Å². The molecule has 3 N–H and O–H groups in total. The molecule has 0 spiro atoms. The van der Waals surface area contributed by atoms with Crippen molar-refractivity contribution in [2.24, 2.45) is 0 Å². The summed E-state index contributed by atoms with van der Waals surface area (Å²) < 4.78 is 0.902. The number of nitrogen functional groups attached to an aromatic ring is 1. The molecule has 0 saturated carbocycles. The summed E-state index contributed by atoms with van der Waals surface area (Å²) in [5.74, 6) is -0.169. The van der Waals surface area contributed by atoms with Gasteiger partial charge in [-0.05, 0) is 44.2 Å². The molecule has 0 aliphatic heterocycles. The van der Waals surface area contributed by atoms with Gasteiger partial charge in [0.15, 0.2) is 5.13 Å². The van der Waals surface area contributed by atoms with E-state index in [1.165, 1.54) is 11.3 Å². The first-order valence-electron chi connectivity index (χ1n) is 6.44. The van der Waals surface area contributed by atoms with Crippen LogP contribution in [-0.4, -0.2) is 15.9 Å². The van der Waals surface area contributed by atoms with Crippen LogP contribution in [0.3, 0.4) is 0 Å². The van der Waals surface area contributed by atoms with Crippen LogP contribution < -0.4 is 11.1 Å². The van der Waals surface area contributed by atoms with E-state index in [1.54, 1.807) is 18.2 Å². The van der Waals surface area contributed by atoms with E-state index in [0.29, 0.717) is 10.7 Å². The molecule has 21 heavy (non-hydrogen) atoms. The highest BCUT2D eigenvalue weighted by Crippen LogP contribution is 2.25. The maximum atomic E-state index is 12.3. The van der Waals surface area contributed by atoms with Gasteiger partial charge in [-0.15, -0.1) is 0 Å². The highest BCUT2D eigenvalue weighted by Gasteiger charge is 2.10. The second kappa shape index (κ2) is 5.14. The first-order chi connectivity index (χ1) is 10.0. The third-order valence-corrected chi connectivity index (χ3v) is 3.99.